The molecule has 1 atom stereocenters. The number of carbonyl (C=O) groups is 1. The molecule has 0 saturated carbocycles. The van der Waals surface area contributed by atoms with Crippen molar-refractivity contribution in [3.63, 3.8) is 0 Å². The van der Waals surface area contributed by atoms with Gasteiger partial charge in [0.2, 0.25) is 0 Å². The first-order valence-electron chi connectivity index (χ1n) is 7.30. The third kappa shape index (κ3) is 2.72. The average Bonchev–Trinajstić information content (AvgIpc) is 3.05. The number of thiazole rings is 1. The minimum Gasteiger partial charge on any atom is -0.329 e. The Labute approximate surface area is 128 Å². The highest BCUT2D eigenvalue weighted by molar-refractivity contribution is 7.13. The normalized spacial score (nSPS) is 19.0. The Balaban J connectivity index is 1.88. The fraction of sp³-hybridized carbons (Fsp3) is 0.533. The Morgan fingerprint density at radius 2 is 2.19 bits per heavy atom. The molecule has 1 aliphatic heterocycles. The number of carbonyl (C=O) groups excluding carboxylic acids is 1. The fourth-order valence-electron chi connectivity index (χ4n) is 2.82. The van der Waals surface area contributed by atoms with Gasteiger partial charge in [-0.25, -0.2) is 4.98 Å². The Kier molecular flexibility index (Phi) is 3.80. The minimum absolute atomic E-state index is 0.0600. The number of hydrogen-bond acceptors (Lipinski definition) is 4. The number of aryl methyl sites for hydroxylation is 3. The standard InChI is InChI=1S/C15H20N4OS/c1-10-11(2)21-14(17-10)15(20)19-7-5-4-6-13(19)12-8-16-18(3)9-12/h8-9,13H,4-7H2,1-3H3. The SMILES string of the molecule is Cc1nc(C(=O)N2CCCCC2c2cnn(C)c2)sc1C. The monoisotopic (exact) mass is 304 g/mol. The van der Waals surface area contributed by atoms with E-state index in [4.69, 9.17) is 0 Å². The molecule has 0 bridgehead atoms. The van der Waals surface area contributed by atoms with Crippen molar-refractivity contribution in [3.8, 4) is 0 Å². The second-order valence-corrected chi connectivity index (χ2v) is 6.82. The van der Waals surface area contributed by atoms with Crippen LogP contribution >= 0.6 is 11.3 Å². The fourth-order valence-corrected chi connectivity index (χ4v) is 3.69. The lowest BCUT2D eigenvalue weighted by Crippen LogP contribution is -2.38. The Hall–Kier alpha value is -1.69. The maximum Gasteiger partial charge on any atom is 0.283 e. The molecule has 1 amide bonds. The first kappa shape index (κ1) is 14.3. The summed E-state index contributed by atoms with van der Waals surface area (Å²) in [5.74, 6) is 0.0600. The van der Waals surface area contributed by atoms with Crippen LogP contribution in [0, 0.1) is 13.8 Å². The topological polar surface area (TPSA) is 51.0 Å². The number of rotatable bonds is 2. The van der Waals surface area contributed by atoms with Crippen LogP contribution in [0.15, 0.2) is 12.4 Å². The highest BCUT2D eigenvalue weighted by Crippen LogP contribution is 2.32. The van der Waals surface area contributed by atoms with Gasteiger partial charge in [0.05, 0.1) is 17.9 Å². The van der Waals surface area contributed by atoms with E-state index in [0.29, 0.717) is 5.01 Å². The second-order valence-electron chi connectivity index (χ2n) is 5.62. The van der Waals surface area contributed by atoms with Gasteiger partial charge < -0.3 is 4.90 Å². The lowest BCUT2D eigenvalue weighted by atomic mass is 9.97. The Bertz CT molecular complexity index is 641. The molecule has 1 unspecified atom stereocenters. The van der Waals surface area contributed by atoms with Crippen LogP contribution in [0.3, 0.4) is 0 Å². The highest BCUT2D eigenvalue weighted by atomic mass is 32.1. The van der Waals surface area contributed by atoms with Crippen LogP contribution in [0.1, 0.15) is 51.2 Å². The van der Waals surface area contributed by atoms with Gasteiger partial charge in [-0.05, 0) is 33.1 Å². The van der Waals surface area contributed by atoms with Crippen molar-refractivity contribution in [1.29, 1.82) is 0 Å². The highest BCUT2D eigenvalue weighted by Gasteiger charge is 2.31. The zero-order valence-corrected chi connectivity index (χ0v) is 13.5. The number of amides is 1. The van der Waals surface area contributed by atoms with E-state index < -0.39 is 0 Å². The predicted octanol–water partition coefficient (Wildman–Crippen LogP) is 2.86. The Morgan fingerprint density at radius 1 is 1.38 bits per heavy atom. The van der Waals surface area contributed by atoms with Crippen molar-refractivity contribution in [3.05, 3.63) is 33.5 Å². The van der Waals surface area contributed by atoms with Crippen molar-refractivity contribution >= 4 is 17.2 Å². The maximum absolute atomic E-state index is 12.8. The summed E-state index contributed by atoms with van der Waals surface area (Å²) in [6.07, 6.45) is 7.09. The largest absolute Gasteiger partial charge is 0.329 e. The third-order valence-corrected chi connectivity index (χ3v) is 5.15. The van der Waals surface area contributed by atoms with Crippen molar-refractivity contribution in [2.45, 2.75) is 39.2 Å². The van der Waals surface area contributed by atoms with Crippen LogP contribution in [0.4, 0.5) is 0 Å². The van der Waals surface area contributed by atoms with Gasteiger partial charge in [-0.1, -0.05) is 0 Å². The molecule has 0 spiro atoms. The van der Waals surface area contributed by atoms with E-state index in [2.05, 4.69) is 10.1 Å². The van der Waals surface area contributed by atoms with Gasteiger partial charge in [0.15, 0.2) is 5.01 Å². The molecule has 5 nitrogen and oxygen atoms in total. The van der Waals surface area contributed by atoms with E-state index in [9.17, 15) is 4.79 Å². The number of aromatic nitrogens is 3. The molecule has 21 heavy (non-hydrogen) atoms. The quantitative estimate of drug-likeness (QED) is 0.857. The number of likely N-dealkylation sites (tertiary alicyclic amines) is 1. The number of hydrogen-bond donors (Lipinski definition) is 0. The maximum atomic E-state index is 12.8. The molecular weight excluding hydrogens is 284 g/mol. The lowest BCUT2D eigenvalue weighted by Gasteiger charge is -2.34. The summed E-state index contributed by atoms with van der Waals surface area (Å²) in [6, 6.07) is 0.129. The van der Waals surface area contributed by atoms with E-state index in [-0.39, 0.29) is 11.9 Å². The summed E-state index contributed by atoms with van der Waals surface area (Å²) >= 11 is 1.50. The molecule has 1 fully saturated rings. The first-order chi connectivity index (χ1) is 10.1. The van der Waals surface area contributed by atoms with Crippen molar-refractivity contribution in [2.75, 3.05) is 6.54 Å². The summed E-state index contributed by atoms with van der Waals surface area (Å²) < 4.78 is 1.80. The zero-order valence-electron chi connectivity index (χ0n) is 12.7. The molecule has 3 heterocycles. The van der Waals surface area contributed by atoms with Crippen LogP contribution in [-0.2, 0) is 7.05 Å². The van der Waals surface area contributed by atoms with E-state index in [0.717, 1.165) is 41.9 Å². The summed E-state index contributed by atoms with van der Waals surface area (Å²) in [5, 5.41) is 4.85. The van der Waals surface area contributed by atoms with Crippen LogP contribution in [0.2, 0.25) is 0 Å². The minimum atomic E-state index is 0.0600. The van der Waals surface area contributed by atoms with E-state index >= 15 is 0 Å². The third-order valence-electron chi connectivity index (χ3n) is 4.08. The van der Waals surface area contributed by atoms with Crippen molar-refractivity contribution in [2.24, 2.45) is 7.05 Å². The molecule has 2 aromatic rings. The summed E-state index contributed by atoms with van der Waals surface area (Å²) in [6.45, 7) is 4.77. The average molecular weight is 304 g/mol. The number of nitrogens with zero attached hydrogens (tertiary/aromatic N) is 4. The van der Waals surface area contributed by atoms with Gasteiger partial charge in [-0.2, -0.15) is 5.10 Å². The van der Waals surface area contributed by atoms with Crippen LogP contribution in [0.25, 0.3) is 0 Å². The second kappa shape index (κ2) is 5.60. The van der Waals surface area contributed by atoms with Crippen LogP contribution < -0.4 is 0 Å². The van der Waals surface area contributed by atoms with Gasteiger partial charge in [0.25, 0.3) is 5.91 Å². The van der Waals surface area contributed by atoms with Gasteiger partial charge >= 0.3 is 0 Å². The molecule has 3 rings (SSSR count). The lowest BCUT2D eigenvalue weighted by molar-refractivity contribution is 0.0611. The summed E-state index contributed by atoms with van der Waals surface area (Å²) in [5.41, 5.74) is 2.08. The van der Waals surface area contributed by atoms with E-state index in [1.165, 1.54) is 11.3 Å². The molecule has 0 aromatic carbocycles. The molecule has 0 N–H and O–H groups in total. The molecular formula is C15H20N4OS. The summed E-state index contributed by atoms with van der Waals surface area (Å²) in [4.78, 5) is 20.3. The van der Waals surface area contributed by atoms with Gasteiger partial charge in [-0.3, -0.25) is 9.48 Å². The van der Waals surface area contributed by atoms with Crippen molar-refractivity contribution < 1.29 is 4.79 Å². The van der Waals surface area contributed by atoms with Gasteiger partial charge in [0, 0.05) is 30.2 Å². The molecule has 0 aliphatic carbocycles. The smallest absolute Gasteiger partial charge is 0.283 e. The molecule has 1 saturated heterocycles. The zero-order chi connectivity index (χ0) is 15.0. The molecule has 6 heteroatoms. The Morgan fingerprint density at radius 3 is 2.81 bits per heavy atom. The predicted molar refractivity (Wildman–Crippen MR) is 82.4 cm³/mol. The van der Waals surface area contributed by atoms with Crippen molar-refractivity contribution in [1.82, 2.24) is 19.7 Å². The molecule has 1 aliphatic rings. The molecule has 112 valence electrons. The van der Waals surface area contributed by atoms with Gasteiger partial charge in [-0.15, -0.1) is 11.3 Å². The number of piperidine rings is 1. The molecule has 2 aromatic heterocycles. The van der Waals surface area contributed by atoms with E-state index in [1.54, 1.807) is 4.68 Å². The first-order valence-corrected chi connectivity index (χ1v) is 8.11. The molecule has 0 radical (unpaired) electrons. The van der Waals surface area contributed by atoms with Crippen LogP contribution in [-0.4, -0.2) is 32.1 Å². The van der Waals surface area contributed by atoms with Gasteiger partial charge in [0.1, 0.15) is 0 Å². The summed E-state index contributed by atoms with van der Waals surface area (Å²) in [7, 11) is 1.91. The van der Waals surface area contributed by atoms with E-state index in [1.807, 2.05) is 38.2 Å². The van der Waals surface area contributed by atoms with Crippen LogP contribution in [0.5, 0.6) is 0 Å².